The van der Waals surface area contributed by atoms with Gasteiger partial charge in [-0.15, -0.1) is 0 Å². The molecule has 15 heavy (non-hydrogen) atoms. The Hall–Kier alpha value is -1.42. The predicted molar refractivity (Wildman–Crippen MR) is 55.1 cm³/mol. The van der Waals surface area contributed by atoms with E-state index in [2.05, 4.69) is 4.98 Å². The molecule has 0 saturated carbocycles. The molecule has 0 spiro atoms. The van der Waals surface area contributed by atoms with E-state index in [9.17, 15) is 9.90 Å². The van der Waals surface area contributed by atoms with Crippen LogP contribution in [-0.4, -0.2) is 40.1 Å². The van der Waals surface area contributed by atoms with E-state index in [0.29, 0.717) is 6.42 Å². The Morgan fingerprint density at radius 3 is 3.00 bits per heavy atom. The van der Waals surface area contributed by atoms with Gasteiger partial charge in [-0.1, -0.05) is 6.07 Å². The monoisotopic (exact) mass is 206 g/mol. The molecule has 2 atom stereocenters. The van der Waals surface area contributed by atoms with Crippen LogP contribution < -0.4 is 0 Å². The van der Waals surface area contributed by atoms with Crippen LogP contribution in [0.25, 0.3) is 0 Å². The summed E-state index contributed by atoms with van der Waals surface area (Å²) >= 11 is 0. The normalized spacial score (nSPS) is 26.0. The Labute approximate surface area is 88.6 Å². The Bertz CT molecular complexity index is 353. The van der Waals surface area contributed by atoms with Crippen molar-refractivity contribution in [3.8, 4) is 0 Å². The predicted octanol–water partition coefficient (Wildman–Crippen LogP) is 0.216. The third-order valence-corrected chi connectivity index (χ3v) is 2.87. The number of carbonyl (C=O) groups is 1. The van der Waals surface area contributed by atoms with Gasteiger partial charge in [-0.2, -0.15) is 0 Å². The molecule has 1 aliphatic heterocycles. The average Bonchev–Trinajstić information content (AvgIpc) is 2.48. The maximum atomic E-state index is 11.4. The fourth-order valence-corrected chi connectivity index (χ4v) is 1.94. The molecule has 0 aromatic carbocycles. The number of likely N-dealkylation sites (N-methyl/N-ethyl adjacent to an activating group) is 1. The standard InChI is InChI=1S/C11H14N2O2/c1-13-9(6-10(14)11(13)15)5-8-3-2-4-12-7-8/h2-4,7,9-10,14H,5-6H2,1H3. The lowest BCUT2D eigenvalue weighted by atomic mass is 10.1. The van der Waals surface area contributed by atoms with E-state index in [1.165, 1.54) is 0 Å². The number of amides is 1. The van der Waals surface area contributed by atoms with Gasteiger partial charge in [0.05, 0.1) is 0 Å². The van der Waals surface area contributed by atoms with Crippen molar-refractivity contribution < 1.29 is 9.90 Å². The van der Waals surface area contributed by atoms with Gasteiger partial charge in [-0.05, 0) is 18.1 Å². The Balaban J connectivity index is 2.05. The topological polar surface area (TPSA) is 53.4 Å². The summed E-state index contributed by atoms with van der Waals surface area (Å²) in [6.07, 6.45) is 3.97. The van der Waals surface area contributed by atoms with Gasteiger partial charge in [-0.3, -0.25) is 9.78 Å². The van der Waals surface area contributed by atoms with Crippen LogP contribution in [0.3, 0.4) is 0 Å². The summed E-state index contributed by atoms with van der Waals surface area (Å²) < 4.78 is 0. The van der Waals surface area contributed by atoms with Crippen LogP contribution in [0.5, 0.6) is 0 Å². The molecule has 1 aliphatic rings. The summed E-state index contributed by atoms with van der Waals surface area (Å²) in [5.74, 6) is -0.177. The molecule has 1 aromatic rings. The van der Waals surface area contributed by atoms with Crippen LogP contribution in [0, 0.1) is 0 Å². The number of carbonyl (C=O) groups excluding carboxylic acids is 1. The van der Waals surface area contributed by atoms with Crippen LogP contribution in [0.2, 0.25) is 0 Å². The molecule has 1 aromatic heterocycles. The molecule has 1 saturated heterocycles. The van der Waals surface area contributed by atoms with Crippen molar-refractivity contribution in [3.63, 3.8) is 0 Å². The molecule has 0 radical (unpaired) electrons. The largest absolute Gasteiger partial charge is 0.383 e. The zero-order valence-corrected chi connectivity index (χ0v) is 8.63. The highest BCUT2D eigenvalue weighted by Gasteiger charge is 2.35. The van der Waals surface area contributed by atoms with Crippen molar-refractivity contribution >= 4 is 5.91 Å². The maximum Gasteiger partial charge on any atom is 0.251 e. The Kier molecular flexibility index (Phi) is 2.68. The lowest BCUT2D eigenvalue weighted by Gasteiger charge is -2.18. The molecular formula is C11H14N2O2. The number of aliphatic hydroxyl groups excluding tert-OH is 1. The SMILES string of the molecule is CN1C(=O)C(O)CC1Cc1cccnc1. The highest BCUT2D eigenvalue weighted by molar-refractivity contribution is 5.83. The van der Waals surface area contributed by atoms with Crippen LogP contribution in [0.4, 0.5) is 0 Å². The molecule has 0 bridgehead atoms. The number of likely N-dealkylation sites (tertiary alicyclic amines) is 1. The number of rotatable bonds is 2. The fraction of sp³-hybridized carbons (Fsp3) is 0.455. The highest BCUT2D eigenvalue weighted by Crippen LogP contribution is 2.20. The second-order valence-corrected chi connectivity index (χ2v) is 3.92. The van der Waals surface area contributed by atoms with Crippen molar-refractivity contribution in [2.45, 2.75) is 25.0 Å². The minimum Gasteiger partial charge on any atom is -0.383 e. The van der Waals surface area contributed by atoms with Gasteiger partial charge >= 0.3 is 0 Å². The van der Waals surface area contributed by atoms with E-state index >= 15 is 0 Å². The van der Waals surface area contributed by atoms with Crippen LogP contribution in [-0.2, 0) is 11.2 Å². The van der Waals surface area contributed by atoms with E-state index in [1.54, 1.807) is 24.3 Å². The first kappa shape index (κ1) is 10.1. The first-order chi connectivity index (χ1) is 7.18. The average molecular weight is 206 g/mol. The fourth-order valence-electron chi connectivity index (χ4n) is 1.94. The van der Waals surface area contributed by atoms with Crippen LogP contribution in [0.15, 0.2) is 24.5 Å². The second-order valence-electron chi connectivity index (χ2n) is 3.92. The van der Waals surface area contributed by atoms with Gasteiger partial charge in [0.15, 0.2) is 0 Å². The van der Waals surface area contributed by atoms with E-state index in [4.69, 9.17) is 0 Å². The third kappa shape index (κ3) is 1.99. The molecule has 1 amide bonds. The molecule has 4 nitrogen and oxygen atoms in total. The van der Waals surface area contributed by atoms with Crippen molar-refractivity contribution in [3.05, 3.63) is 30.1 Å². The summed E-state index contributed by atoms with van der Waals surface area (Å²) in [6, 6.07) is 3.95. The lowest BCUT2D eigenvalue weighted by molar-refractivity contribution is -0.134. The zero-order chi connectivity index (χ0) is 10.8. The number of hydrogen-bond acceptors (Lipinski definition) is 3. The summed E-state index contributed by atoms with van der Waals surface area (Å²) in [5, 5.41) is 9.41. The zero-order valence-electron chi connectivity index (χ0n) is 8.63. The number of aliphatic hydroxyl groups is 1. The van der Waals surface area contributed by atoms with Gasteiger partial charge in [0.25, 0.3) is 5.91 Å². The van der Waals surface area contributed by atoms with E-state index in [-0.39, 0.29) is 11.9 Å². The van der Waals surface area contributed by atoms with Gasteiger partial charge in [0.1, 0.15) is 6.10 Å². The van der Waals surface area contributed by atoms with Gasteiger partial charge in [-0.25, -0.2) is 0 Å². The molecule has 80 valence electrons. The van der Waals surface area contributed by atoms with Gasteiger partial charge < -0.3 is 10.0 Å². The Morgan fingerprint density at radius 1 is 1.67 bits per heavy atom. The molecular weight excluding hydrogens is 192 g/mol. The minimum atomic E-state index is -0.823. The molecule has 1 N–H and O–H groups in total. The van der Waals surface area contributed by atoms with Crippen LogP contribution >= 0.6 is 0 Å². The molecule has 2 unspecified atom stereocenters. The number of pyridine rings is 1. The van der Waals surface area contributed by atoms with E-state index in [1.807, 2.05) is 12.1 Å². The lowest BCUT2D eigenvalue weighted by Crippen LogP contribution is -2.31. The highest BCUT2D eigenvalue weighted by atomic mass is 16.3. The number of aromatic nitrogens is 1. The molecule has 2 heterocycles. The smallest absolute Gasteiger partial charge is 0.251 e. The first-order valence-electron chi connectivity index (χ1n) is 5.02. The van der Waals surface area contributed by atoms with Crippen LogP contribution in [0.1, 0.15) is 12.0 Å². The second kappa shape index (κ2) is 3.98. The summed E-state index contributed by atoms with van der Waals surface area (Å²) in [6.45, 7) is 0. The van der Waals surface area contributed by atoms with Crippen molar-refractivity contribution in [2.75, 3.05) is 7.05 Å². The quantitative estimate of drug-likeness (QED) is 0.753. The van der Waals surface area contributed by atoms with E-state index in [0.717, 1.165) is 12.0 Å². The summed E-state index contributed by atoms with van der Waals surface area (Å²) in [4.78, 5) is 17.0. The molecule has 1 fully saturated rings. The van der Waals surface area contributed by atoms with Gasteiger partial charge in [0.2, 0.25) is 0 Å². The Morgan fingerprint density at radius 2 is 2.47 bits per heavy atom. The van der Waals surface area contributed by atoms with Crippen molar-refractivity contribution in [1.82, 2.24) is 9.88 Å². The maximum absolute atomic E-state index is 11.4. The summed E-state index contributed by atoms with van der Waals surface area (Å²) in [5.41, 5.74) is 1.09. The number of nitrogens with zero attached hydrogens (tertiary/aromatic N) is 2. The molecule has 4 heteroatoms. The van der Waals surface area contributed by atoms with E-state index < -0.39 is 6.10 Å². The molecule has 0 aliphatic carbocycles. The minimum absolute atomic E-state index is 0.0942. The molecule has 2 rings (SSSR count). The van der Waals surface area contributed by atoms with Crippen molar-refractivity contribution in [1.29, 1.82) is 0 Å². The number of hydrogen-bond donors (Lipinski definition) is 1. The van der Waals surface area contributed by atoms with Crippen molar-refractivity contribution in [2.24, 2.45) is 0 Å². The van der Waals surface area contributed by atoms with Gasteiger partial charge in [0, 0.05) is 31.9 Å². The first-order valence-corrected chi connectivity index (χ1v) is 5.02. The third-order valence-electron chi connectivity index (χ3n) is 2.87. The summed E-state index contributed by atoms with van der Waals surface area (Å²) in [7, 11) is 1.74.